The van der Waals surface area contributed by atoms with E-state index in [1.54, 1.807) is 30.3 Å². The zero-order chi connectivity index (χ0) is 23.0. The summed E-state index contributed by atoms with van der Waals surface area (Å²) in [5.41, 5.74) is 2.30. The second kappa shape index (κ2) is 10.9. The molecule has 8 heteroatoms. The first-order valence-electron chi connectivity index (χ1n) is 10.2. The van der Waals surface area contributed by atoms with Crippen molar-refractivity contribution < 1.29 is 33.1 Å². The molecule has 7 nitrogen and oxygen atoms in total. The molecule has 3 aromatic carbocycles. The number of phosphoric ester groups is 1. The van der Waals surface area contributed by atoms with Gasteiger partial charge in [0.1, 0.15) is 28.7 Å². The monoisotopic (exact) mass is 458 g/mol. The van der Waals surface area contributed by atoms with E-state index in [1.165, 1.54) is 31.9 Å². The Morgan fingerprint density at radius 3 is 1.62 bits per heavy atom. The van der Waals surface area contributed by atoms with E-state index in [-0.39, 0.29) is 17.2 Å². The van der Waals surface area contributed by atoms with Crippen molar-refractivity contribution in [1.29, 1.82) is 0 Å². The van der Waals surface area contributed by atoms with E-state index in [0.29, 0.717) is 11.5 Å². The van der Waals surface area contributed by atoms with Crippen LogP contribution in [0, 0.1) is 0 Å². The third-order valence-electron chi connectivity index (χ3n) is 4.81. The van der Waals surface area contributed by atoms with Crippen molar-refractivity contribution in [3.63, 3.8) is 0 Å². The Kier molecular flexibility index (Phi) is 8.03. The maximum atomic E-state index is 12.4. The van der Waals surface area contributed by atoms with E-state index in [1.807, 2.05) is 24.3 Å². The minimum atomic E-state index is -4.40. The zero-order valence-electron chi connectivity index (χ0n) is 18.1. The number of hydrogen-bond donors (Lipinski definition) is 2. The average molecular weight is 458 g/mol. The molecule has 1 unspecified atom stereocenters. The molecule has 0 heterocycles. The molecule has 1 atom stereocenters. The van der Waals surface area contributed by atoms with Crippen LogP contribution in [-0.2, 0) is 17.4 Å². The number of benzene rings is 3. The van der Waals surface area contributed by atoms with Crippen LogP contribution in [0.15, 0.2) is 66.7 Å². The van der Waals surface area contributed by atoms with Gasteiger partial charge in [-0.05, 0) is 61.1 Å². The largest absolute Gasteiger partial charge is 0.584 e. The SMILES string of the molecule is COc1cc(OC)cc(OP(=O)(O)Oc2ccc(CCCCc3ccc(O)cc3)cc2)c1. The molecule has 0 bridgehead atoms. The summed E-state index contributed by atoms with van der Waals surface area (Å²) in [7, 11) is -1.46. The molecule has 0 saturated carbocycles. The van der Waals surface area contributed by atoms with Crippen LogP contribution < -0.4 is 18.5 Å². The van der Waals surface area contributed by atoms with Gasteiger partial charge < -0.3 is 23.6 Å². The lowest BCUT2D eigenvalue weighted by Gasteiger charge is -2.15. The second-order valence-corrected chi connectivity index (χ2v) is 8.52. The molecule has 0 amide bonds. The molecule has 170 valence electrons. The molecule has 0 aliphatic carbocycles. The predicted octanol–water partition coefficient (Wildman–Crippen LogP) is 5.53. The quantitative estimate of drug-likeness (QED) is 0.288. The minimum Gasteiger partial charge on any atom is -0.508 e. The van der Waals surface area contributed by atoms with E-state index in [0.717, 1.165) is 31.2 Å². The highest BCUT2D eigenvalue weighted by molar-refractivity contribution is 7.48. The van der Waals surface area contributed by atoms with Gasteiger partial charge in [-0.25, -0.2) is 4.57 Å². The number of unbranched alkanes of at least 4 members (excludes halogenated alkanes) is 1. The molecular formula is C24H27O7P. The van der Waals surface area contributed by atoms with Crippen LogP contribution in [0.3, 0.4) is 0 Å². The predicted molar refractivity (Wildman–Crippen MR) is 122 cm³/mol. The molecular weight excluding hydrogens is 431 g/mol. The number of ether oxygens (including phenoxy) is 2. The molecule has 2 N–H and O–H groups in total. The summed E-state index contributed by atoms with van der Waals surface area (Å²) in [6.45, 7) is 0. The summed E-state index contributed by atoms with van der Waals surface area (Å²) in [6.07, 6.45) is 3.85. The first-order chi connectivity index (χ1) is 15.4. The van der Waals surface area contributed by atoms with Crippen molar-refractivity contribution in [3.8, 4) is 28.7 Å². The van der Waals surface area contributed by atoms with Crippen LogP contribution in [0.5, 0.6) is 28.7 Å². The van der Waals surface area contributed by atoms with Crippen LogP contribution in [0.1, 0.15) is 24.0 Å². The number of phenolic OH excluding ortho intramolecular Hbond substituents is 1. The first kappa shape index (κ1) is 23.5. The number of hydrogen-bond acceptors (Lipinski definition) is 6. The van der Waals surface area contributed by atoms with Crippen molar-refractivity contribution in [2.45, 2.75) is 25.7 Å². The van der Waals surface area contributed by atoms with Crippen molar-refractivity contribution in [1.82, 2.24) is 0 Å². The number of aromatic hydroxyl groups is 1. The van der Waals surface area contributed by atoms with Crippen LogP contribution in [0.4, 0.5) is 0 Å². The number of aryl methyl sites for hydroxylation is 2. The molecule has 0 saturated heterocycles. The molecule has 3 rings (SSSR count). The van der Waals surface area contributed by atoms with Crippen molar-refractivity contribution >= 4 is 7.82 Å². The molecule has 0 aliphatic rings. The highest BCUT2D eigenvalue weighted by Gasteiger charge is 2.25. The summed E-state index contributed by atoms with van der Waals surface area (Å²) < 4.78 is 33.0. The second-order valence-electron chi connectivity index (χ2n) is 7.22. The van der Waals surface area contributed by atoms with Gasteiger partial charge in [0, 0.05) is 18.2 Å². The molecule has 3 aromatic rings. The fourth-order valence-electron chi connectivity index (χ4n) is 3.16. The highest BCUT2D eigenvalue weighted by atomic mass is 31.2. The molecule has 32 heavy (non-hydrogen) atoms. The third kappa shape index (κ3) is 7.22. The van der Waals surface area contributed by atoms with Gasteiger partial charge in [0.25, 0.3) is 0 Å². The van der Waals surface area contributed by atoms with Gasteiger partial charge in [-0.15, -0.1) is 0 Å². The van der Waals surface area contributed by atoms with Gasteiger partial charge in [-0.2, -0.15) is 0 Å². The Morgan fingerprint density at radius 2 is 1.12 bits per heavy atom. The number of phenols is 1. The lowest BCUT2D eigenvalue weighted by atomic mass is 10.0. The standard InChI is InChI=1S/C24H27O7P/c1-28-22-15-23(29-2)17-24(16-22)31-32(26,27)30-21-13-9-19(10-14-21)6-4-3-5-18-7-11-20(25)12-8-18/h7-17,25H,3-6H2,1-2H3,(H,26,27). The Morgan fingerprint density at radius 1 is 0.688 bits per heavy atom. The van der Waals surface area contributed by atoms with Crippen LogP contribution in [-0.4, -0.2) is 24.2 Å². The summed E-state index contributed by atoms with van der Waals surface area (Å²) in [6, 6.07) is 18.8. The van der Waals surface area contributed by atoms with Crippen LogP contribution >= 0.6 is 7.82 Å². The maximum Gasteiger partial charge on any atom is 0.584 e. The number of methoxy groups -OCH3 is 2. The summed E-state index contributed by atoms with van der Waals surface area (Å²) in [5.74, 6) is 1.45. The van der Waals surface area contributed by atoms with Gasteiger partial charge in [-0.3, -0.25) is 4.89 Å². The smallest absolute Gasteiger partial charge is 0.508 e. The summed E-state index contributed by atoms with van der Waals surface area (Å²) >= 11 is 0. The van der Waals surface area contributed by atoms with Crippen molar-refractivity contribution in [2.24, 2.45) is 0 Å². The Bertz CT molecular complexity index is 1030. The van der Waals surface area contributed by atoms with Crippen molar-refractivity contribution in [3.05, 3.63) is 77.9 Å². The van der Waals surface area contributed by atoms with Gasteiger partial charge in [0.15, 0.2) is 0 Å². The van der Waals surface area contributed by atoms with E-state index < -0.39 is 7.82 Å². The van der Waals surface area contributed by atoms with Crippen molar-refractivity contribution in [2.75, 3.05) is 14.2 Å². The lowest BCUT2D eigenvalue weighted by molar-refractivity contribution is 0.289. The first-order valence-corrected chi connectivity index (χ1v) is 11.7. The third-order valence-corrected chi connectivity index (χ3v) is 5.69. The summed E-state index contributed by atoms with van der Waals surface area (Å²) in [5, 5.41) is 9.32. The normalized spacial score (nSPS) is 12.6. The van der Waals surface area contributed by atoms with Crippen LogP contribution in [0.25, 0.3) is 0 Å². The van der Waals surface area contributed by atoms with E-state index in [9.17, 15) is 14.6 Å². The van der Waals surface area contributed by atoms with Gasteiger partial charge in [-0.1, -0.05) is 24.3 Å². The minimum absolute atomic E-state index is 0.0947. The molecule has 0 spiro atoms. The van der Waals surface area contributed by atoms with Gasteiger partial charge in [0.2, 0.25) is 0 Å². The van der Waals surface area contributed by atoms with E-state index >= 15 is 0 Å². The Labute approximate surface area is 187 Å². The van der Waals surface area contributed by atoms with Gasteiger partial charge >= 0.3 is 7.82 Å². The Hall–Kier alpha value is -3.15. The fraction of sp³-hybridized carbons (Fsp3) is 0.250. The molecule has 0 aliphatic heterocycles. The molecule has 0 aromatic heterocycles. The average Bonchev–Trinajstić information content (AvgIpc) is 2.78. The number of rotatable bonds is 11. The Balaban J connectivity index is 1.50. The maximum absolute atomic E-state index is 12.4. The van der Waals surface area contributed by atoms with Gasteiger partial charge in [0.05, 0.1) is 14.2 Å². The molecule has 0 fully saturated rings. The van der Waals surface area contributed by atoms with E-state index in [4.69, 9.17) is 18.5 Å². The fourth-order valence-corrected chi connectivity index (χ4v) is 3.95. The number of phosphoric acid groups is 1. The zero-order valence-corrected chi connectivity index (χ0v) is 19.0. The topological polar surface area (TPSA) is 94.5 Å². The lowest BCUT2D eigenvalue weighted by Crippen LogP contribution is -2.00. The summed E-state index contributed by atoms with van der Waals surface area (Å²) in [4.78, 5) is 10.1. The van der Waals surface area contributed by atoms with E-state index in [2.05, 4.69) is 0 Å². The van der Waals surface area contributed by atoms with Crippen LogP contribution in [0.2, 0.25) is 0 Å². The molecule has 0 radical (unpaired) electrons. The highest BCUT2D eigenvalue weighted by Crippen LogP contribution is 2.45.